The molecule has 0 aliphatic carbocycles. The lowest BCUT2D eigenvalue weighted by Crippen LogP contribution is -2.53. The number of aryl methyl sites for hydroxylation is 1. The number of aromatic nitrogens is 3. The molecule has 2 aliphatic rings. The first-order chi connectivity index (χ1) is 15.6. The number of rotatable bonds is 3. The number of nitrogens with zero attached hydrogens (tertiary/aromatic N) is 3. The van der Waals surface area contributed by atoms with Crippen LogP contribution in [0.2, 0.25) is 0 Å². The van der Waals surface area contributed by atoms with Gasteiger partial charge in [0, 0.05) is 43.3 Å². The molecule has 32 heavy (non-hydrogen) atoms. The van der Waals surface area contributed by atoms with Crippen molar-refractivity contribution in [2.45, 2.75) is 39.2 Å². The summed E-state index contributed by atoms with van der Waals surface area (Å²) in [6.07, 6.45) is 5.94. The third-order valence-corrected chi connectivity index (χ3v) is 7.51. The van der Waals surface area contributed by atoms with Gasteiger partial charge in [-0.05, 0) is 61.9 Å². The van der Waals surface area contributed by atoms with Gasteiger partial charge in [0.05, 0.1) is 16.4 Å². The maximum absolute atomic E-state index is 13.7. The largest absolute Gasteiger partial charge is 0.361 e. The van der Waals surface area contributed by atoms with Crippen LogP contribution in [0.25, 0.3) is 21.9 Å². The Morgan fingerprint density at radius 2 is 1.88 bits per heavy atom. The van der Waals surface area contributed by atoms with E-state index in [1.165, 1.54) is 16.5 Å². The third kappa shape index (κ3) is 3.17. The molecule has 0 saturated carbocycles. The molecule has 6 rings (SSSR count). The highest BCUT2D eigenvalue weighted by atomic mass is 16.2. The average molecular weight is 428 g/mol. The van der Waals surface area contributed by atoms with E-state index < -0.39 is 0 Å². The molecule has 0 radical (unpaired) electrons. The van der Waals surface area contributed by atoms with Crippen molar-refractivity contribution < 1.29 is 4.79 Å². The molecule has 2 fully saturated rings. The van der Waals surface area contributed by atoms with Gasteiger partial charge < -0.3 is 19.8 Å². The summed E-state index contributed by atoms with van der Waals surface area (Å²) in [5.41, 5.74) is 5.44. The lowest BCUT2D eigenvalue weighted by molar-refractivity contribution is -0.148. The molecule has 2 N–H and O–H groups in total. The molecule has 0 unspecified atom stereocenters. The van der Waals surface area contributed by atoms with Crippen molar-refractivity contribution in [1.29, 1.82) is 0 Å². The number of piperidine rings is 2. The number of anilines is 1. The molecular weight excluding hydrogens is 398 g/mol. The average Bonchev–Trinajstić information content (AvgIpc) is 3.41. The van der Waals surface area contributed by atoms with Gasteiger partial charge in [-0.1, -0.05) is 24.3 Å². The standard InChI is InChI=1S/C26H29N5O/c1-18-7-8-22-23(15-18)29-25(28-22)30-13-10-26(11-14-30)9-4-12-31(24(26)32)17-19-16-27-21-6-3-2-5-20(19)21/h2-3,5-8,15-16,27H,4,9-14,17H2,1H3,(H,28,29). The molecule has 164 valence electrons. The van der Waals surface area contributed by atoms with Gasteiger partial charge in [-0.3, -0.25) is 4.79 Å². The van der Waals surface area contributed by atoms with E-state index in [0.29, 0.717) is 12.5 Å². The lowest BCUT2D eigenvalue weighted by atomic mass is 9.71. The summed E-state index contributed by atoms with van der Waals surface area (Å²) in [6.45, 7) is 5.38. The van der Waals surface area contributed by atoms with E-state index in [9.17, 15) is 4.79 Å². The van der Waals surface area contributed by atoms with E-state index in [1.54, 1.807) is 0 Å². The number of carbonyl (C=O) groups is 1. The number of H-pyrrole nitrogens is 2. The number of hydrogen-bond acceptors (Lipinski definition) is 3. The molecule has 6 heteroatoms. The van der Waals surface area contributed by atoms with E-state index in [2.05, 4.69) is 69.3 Å². The van der Waals surface area contributed by atoms with E-state index in [-0.39, 0.29) is 5.41 Å². The van der Waals surface area contributed by atoms with Crippen LogP contribution < -0.4 is 4.90 Å². The summed E-state index contributed by atoms with van der Waals surface area (Å²) in [6, 6.07) is 14.6. The first-order valence-electron chi connectivity index (χ1n) is 11.7. The molecule has 6 nitrogen and oxygen atoms in total. The first kappa shape index (κ1) is 19.4. The van der Waals surface area contributed by atoms with Gasteiger partial charge in [-0.25, -0.2) is 4.98 Å². The Bertz CT molecular complexity index is 1290. The van der Waals surface area contributed by atoms with Crippen LogP contribution in [0.15, 0.2) is 48.7 Å². The zero-order chi connectivity index (χ0) is 21.7. The van der Waals surface area contributed by atoms with Crippen LogP contribution in [0.1, 0.15) is 36.8 Å². The van der Waals surface area contributed by atoms with Crippen LogP contribution in [0.3, 0.4) is 0 Å². The monoisotopic (exact) mass is 427 g/mol. The molecular formula is C26H29N5O. The summed E-state index contributed by atoms with van der Waals surface area (Å²) < 4.78 is 0. The molecule has 1 spiro atoms. The van der Waals surface area contributed by atoms with Crippen molar-refractivity contribution >= 4 is 33.8 Å². The number of hydrogen-bond donors (Lipinski definition) is 2. The highest BCUT2D eigenvalue weighted by molar-refractivity contribution is 5.86. The molecule has 2 aromatic heterocycles. The van der Waals surface area contributed by atoms with Gasteiger partial charge in [-0.2, -0.15) is 0 Å². The number of likely N-dealkylation sites (tertiary alicyclic amines) is 1. The maximum Gasteiger partial charge on any atom is 0.229 e. The Morgan fingerprint density at radius 3 is 2.75 bits per heavy atom. The fourth-order valence-electron chi connectivity index (χ4n) is 5.64. The zero-order valence-electron chi connectivity index (χ0n) is 18.5. The molecule has 0 atom stereocenters. The third-order valence-electron chi connectivity index (χ3n) is 7.51. The summed E-state index contributed by atoms with van der Waals surface area (Å²) in [5.74, 6) is 1.27. The molecule has 4 aromatic rings. The van der Waals surface area contributed by atoms with Crippen LogP contribution in [-0.2, 0) is 11.3 Å². The Morgan fingerprint density at radius 1 is 1.03 bits per heavy atom. The second-order valence-corrected chi connectivity index (χ2v) is 9.54. The van der Waals surface area contributed by atoms with E-state index >= 15 is 0 Å². The van der Waals surface area contributed by atoms with Gasteiger partial charge in [0.2, 0.25) is 11.9 Å². The number of fused-ring (bicyclic) bond motifs is 2. The highest BCUT2D eigenvalue weighted by Gasteiger charge is 2.46. The number of amides is 1. The number of nitrogens with one attached hydrogen (secondary N) is 2. The summed E-state index contributed by atoms with van der Waals surface area (Å²) in [5, 5.41) is 1.22. The second kappa shape index (κ2) is 7.40. The maximum atomic E-state index is 13.7. The zero-order valence-corrected chi connectivity index (χ0v) is 18.5. The quantitative estimate of drug-likeness (QED) is 0.495. The minimum Gasteiger partial charge on any atom is -0.361 e. The van der Waals surface area contributed by atoms with Crippen molar-refractivity contribution in [2.75, 3.05) is 24.5 Å². The normalized spacial score (nSPS) is 18.8. The highest BCUT2D eigenvalue weighted by Crippen LogP contribution is 2.42. The van der Waals surface area contributed by atoms with E-state index in [0.717, 1.165) is 67.8 Å². The second-order valence-electron chi connectivity index (χ2n) is 9.54. The lowest BCUT2D eigenvalue weighted by Gasteiger charge is -2.46. The molecule has 2 aliphatic heterocycles. The van der Waals surface area contributed by atoms with Crippen molar-refractivity contribution in [1.82, 2.24) is 19.9 Å². The van der Waals surface area contributed by atoms with Crippen molar-refractivity contribution in [3.8, 4) is 0 Å². The minimum absolute atomic E-state index is 0.219. The molecule has 2 saturated heterocycles. The fourth-order valence-corrected chi connectivity index (χ4v) is 5.64. The van der Waals surface area contributed by atoms with Crippen LogP contribution >= 0.6 is 0 Å². The van der Waals surface area contributed by atoms with Crippen molar-refractivity contribution in [3.05, 3.63) is 59.8 Å². The number of aromatic amines is 2. The van der Waals surface area contributed by atoms with Gasteiger partial charge >= 0.3 is 0 Å². The number of carbonyl (C=O) groups excluding carboxylic acids is 1. The topological polar surface area (TPSA) is 68.0 Å². The number of benzene rings is 2. The van der Waals surface area contributed by atoms with Crippen molar-refractivity contribution in [2.24, 2.45) is 5.41 Å². The summed E-state index contributed by atoms with van der Waals surface area (Å²) in [7, 11) is 0. The predicted molar refractivity (Wildman–Crippen MR) is 128 cm³/mol. The molecule has 2 aromatic carbocycles. The predicted octanol–water partition coefficient (Wildman–Crippen LogP) is 4.76. The van der Waals surface area contributed by atoms with Gasteiger partial charge in [0.25, 0.3) is 0 Å². The van der Waals surface area contributed by atoms with Crippen LogP contribution in [0.5, 0.6) is 0 Å². The Labute approximate surface area is 187 Å². The van der Waals surface area contributed by atoms with E-state index in [1.807, 2.05) is 6.07 Å². The molecule has 4 heterocycles. The minimum atomic E-state index is -0.219. The first-order valence-corrected chi connectivity index (χ1v) is 11.7. The Balaban J connectivity index is 1.18. The smallest absolute Gasteiger partial charge is 0.229 e. The molecule has 1 amide bonds. The van der Waals surface area contributed by atoms with Gasteiger partial charge in [0.15, 0.2) is 0 Å². The van der Waals surface area contributed by atoms with Crippen LogP contribution in [0, 0.1) is 12.3 Å². The van der Waals surface area contributed by atoms with Crippen molar-refractivity contribution in [3.63, 3.8) is 0 Å². The van der Waals surface area contributed by atoms with Gasteiger partial charge in [-0.15, -0.1) is 0 Å². The van der Waals surface area contributed by atoms with Crippen LogP contribution in [0.4, 0.5) is 5.95 Å². The Kier molecular flexibility index (Phi) is 4.49. The number of imidazole rings is 1. The fraction of sp³-hybridized carbons (Fsp3) is 0.385. The van der Waals surface area contributed by atoms with Gasteiger partial charge in [0.1, 0.15) is 0 Å². The summed E-state index contributed by atoms with van der Waals surface area (Å²) >= 11 is 0. The SMILES string of the molecule is Cc1ccc2nc(N3CCC4(CCCN(Cc5c[nH]c6ccccc56)C4=O)CC3)[nH]c2c1. The summed E-state index contributed by atoms with van der Waals surface area (Å²) in [4.78, 5) is 29.7. The number of para-hydroxylation sites is 1. The Hall–Kier alpha value is -3.28. The van der Waals surface area contributed by atoms with E-state index in [4.69, 9.17) is 4.98 Å². The molecule has 0 bridgehead atoms. The van der Waals surface area contributed by atoms with Crippen LogP contribution in [-0.4, -0.2) is 45.4 Å².